The van der Waals surface area contributed by atoms with Crippen molar-refractivity contribution in [2.75, 3.05) is 6.54 Å². The maximum Gasteiger partial charge on any atom is 0.253 e. The topological polar surface area (TPSA) is 46.9 Å². The molecular weight excluding hydrogens is 262 g/mol. The molecule has 21 heavy (non-hydrogen) atoms. The number of carbonyl (C=O) groups is 1. The molecule has 0 aliphatic heterocycles. The molecule has 1 aromatic carbocycles. The number of hydrogen-bond donors (Lipinski definition) is 1. The number of aryl methyl sites for hydroxylation is 1. The first kappa shape index (κ1) is 13.4. The van der Waals surface area contributed by atoms with Crippen molar-refractivity contribution in [2.24, 2.45) is 7.05 Å². The van der Waals surface area contributed by atoms with Crippen LogP contribution in [0, 0.1) is 0 Å². The zero-order chi connectivity index (χ0) is 14.7. The minimum Gasteiger partial charge on any atom is -0.352 e. The zero-order valence-electron chi connectivity index (χ0n) is 11.9. The Labute approximate surface area is 123 Å². The van der Waals surface area contributed by atoms with Crippen LogP contribution in [0.2, 0.25) is 0 Å². The summed E-state index contributed by atoms with van der Waals surface area (Å²) in [4.78, 5) is 16.6. The second-order valence-electron chi connectivity index (χ2n) is 5.00. The van der Waals surface area contributed by atoms with Crippen molar-refractivity contribution in [3.63, 3.8) is 0 Å². The summed E-state index contributed by atoms with van der Waals surface area (Å²) in [5.74, 6) is -0.0432. The molecule has 106 valence electrons. The third kappa shape index (κ3) is 2.79. The average Bonchev–Trinajstić information content (AvgIpc) is 2.90. The number of carbonyl (C=O) groups excluding carboxylic acids is 1. The summed E-state index contributed by atoms with van der Waals surface area (Å²) in [5, 5.41) is 4.04. The molecule has 3 aromatic rings. The second-order valence-corrected chi connectivity index (χ2v) is 5.00. The van der Waals surface area contributed by atoms with E-state index in [0.717, 1.165) is 23.0 Å². The lowest BCUT2D eigenvalue weighted by molar-refractivity contribution is 0.0955. The van der Waals surface area contributed by atoms with Crippen molar-refractivity contribution in [3.8, 4) is 0 Å². The van der Waals surface area contributed by atoms with Gasteiger partial charge in [0.1, 0.15) is 0 Å². The molecule has 0 bridgehead atoms. The number of nitrogens with one attached hydrogen (secondary N) is 1. The molecule has 0 fully saturated rings. The molecule has 4 heteroatoms. The summed E-state index contributed by atoms with van der Waals surface area (Å²) in [7, 11) is 1.95. The molecule has 2 aromatic heterocycles. The van der Waals surface area contributed by atoms with Crippen LogP contribution in [0.1, 0.15) is 16.1 Å². The highest BCUT2D eigenvalue weighted by Crippen LogP contribution is 2.19. The lowest BCUT2D eigenvalue weighted by Gasteiger charge is -2.08. The number of aromatic nitrogens is 2. The molecule has 3 rings (SSSR count). The Morgan fingerprint density at radius 3 is 2.90 bits per heavy atom. The average molecular weight is 279 g/mol. The van der Waals surface area contributed by atoms with E-state index in [4.69, 9.17) is 0 Å². The maximum atomic E-state index is 12.4. The van der Waals surface area contributed by atoms with Crippen LogP contribution in [0.5, 0.6) is 0 Å². The molecule has 1 amide bonds. The molecule has 4 nitrogen and oxygen atoms in total. The zero-order valence-corrected chi connectivity index (χ0v) is 11.9. The predicted molar refractivity (Wildman–Crippen MR) is 83.2 cm³/mol. The molecule has 0 atom stereocenters. The molecule has 0 saturated heterocycles. The monoisotopic (exact) mass is 279 g/mol. The van der Waals surface area contributed by atoms with Gasteiger partial charge in [-0.3, -0.25) is 9.78 Å². The van der Waals surface area contributed by atoms with Gasteiger partial charge in [0, 0.05) is 43.5 Å². The summed E-state index contributed by atoms with van der Waals surface area (Å²) in [6.07, 6.45) is 4.47. The van der Waals surface area contributed by atoms with Gasteiger partial charge in [0.15, 0.2) is 0 Å². The van der Waals surface area contributed by atoms with Crippen molar-refractivity contribution >= 4 is 16.8 Å². The van der Waals surface area contributed by atoms with E-state index >= 15 is 0 Å². The van der Waals surface area contributed by atoms with E-state index in [1.54, 1.807) is 6.20 Å². The van der Waals surface area contributed by atoms with Gasteiger partial charge >= 0.3 is 0 Å². The predicted octanol–water partition coefficient (Wildman–Crippen LogP) is 2.55. The van der Waals surface area contributed by atoms with Crippen molar-refractivity contribution in [3.05, 3.63) is 66.1 Å². The Morgan fingerprint density at radius 2 is 2.10 bits per heavy atom. The largest absolute Gasteiger partial charge is 0.352 e. The van der Waals surface area contributed by atoms with E-state index in [1.165, 1.54) is 0 Å². The number of fused-ring (bicyclic) bond motifs is 1. The van der Waals surface area contributed by atoms with Gasteiger partial charge in [-0.15, -0.1) is 0 Å². The van der Waals surface area contributed by atoms with Gasteiger partial charge in [-0.1, -0.05) is 18.2 Å². The van der Waals surface area contributed by atoms with E-state index in [-0.39, 0.29) is 5.91 Å². The normalized spacial score (nSPS) is 10.7. The van der Waals surface area contributed by atoms with Gasteiger partial charge in [0.25, 0.3) is 5.91 Å². The molecule has 0 unspecified atom stereocenters. The number of nitrogens with zero attached hydrogens (tertiary/aromatic N) is 2. The third-order valence-electron chi connectivity index (χ3n) is 3.54. The SMILES string of the molecule is Cn1ccc2cccc(C(=O)NCCc3ccccn3)c21. The van der Waals surface area contributed by atoms with Crippen molar-refractivity contribution < 1.29 is 4.79 Å². The van der Waals surface area contributed by atoms with Gasteiger partial charge < -0.3 is 9.88 Å². The smallest absolute Gasteiger partial charge is 0.253 e. The first-order valence-electron chi connectivity index (χ1n) is 6.98. The summed E-state index contributed by atoms with van der Waals surface area (Å²) in [6.45, 7) is 0.580. The van der Waals surface area contributed by atoms with Gasteiger partial charge in [-0.05, 0) is 24.3 Å². The highest BCUT2D eigenvalue weighted by atomic mass is 16.1. The molecule has 0 saturated carbocycles. The Kier molecular flexibility index (Phi) is 3.69. The molecule has 0 aliphatic carbocycles. The highest BCUT2D eigenvalue weighted by Gasteiger charge is 2.11. The van der Waals surface area contributed by atoms with Crippen LogP contribution < -0.4 is 5.32 Å². The van der Waals surface area contributed by atoms with Gasteiger partial charge in [0.2, 0.25) is 0 Å². The minimum absolute atomic E-state index is 0.0432. The van der Waals surface area contributed by atoms with Crippen LogP contribution in [0.15, 0.2) is 54.9 Å². The third-order valence-corrected chi connectivity index (χ3v) is 3.54. The van der Waals surface area contributed by atoms with Crippen molar-refractivity contribution in [1.82, 2.24) is 14.9 Å². The van der Waals surface area contributed by atoms with Crippen molar-refractivity contribution in [1.29, 1.82) is 0 Å². The van der Waals surface area contributed by atoms with E-state index < -0.39 is 0 Å². The van der Waals surface area contributed by atoms with Gasteiger partial charge in [0.05, 0.1) is 11.1 Å². The number of para-hydroxylation sites is 1. The number of rotatable bonds is 4. The summed E-state index contributed by atoms with van der Waals surface area (Å²) in [5.41, 5.74) is 2.66. The molecule has 1 N–H and O–H groups in total. The maximum absolute atomic E-state index is 12.4. The van der Waals surface area contributed by atoms with Crippen LogP contribution >= 0.6 is 0 Å². The molecular formula is C17H17N3O. The fraction of sp³-hybridized carbons (Fsp3) is 0.176. The minimum atomic E-state index is -0.0432. The highest BCUT2D eigenvalue weighted by molar-refractivity contribution is 6.05. The Morgan fingerprint density at radius 1 is 1.19 bits per heavy atom. The molecule has 0 spiro atoms. The van der Waals surface area contributed by atoms with E-state index in [1.807, 2.05) is 60.3 Å². The van der Waals surface area contributed by atoms with Crippen LogP contribution in [0.4, 0.5) is 0 Å². The van der Waals surface area contributed by atoms with E-state index in [0.29, 0.717) is 12.1 Å². The number of hydrogen-bond acceptors (Lipinski definition) is 2. The quantitative estimate of drug-likeness (QED) is 0.798. The number of benzene rings is 1. The number of amides is 1. The van der Waals surface area contributed by atoms with E-state index in [9.17, 15) is 4.79 Å². The second kappa shape index (κ2) is 5.79. The Hall–Kier alpha value is -2.62. The fourth-order valence-corrected chi connectivity index (χ4v) is 2.48. The lowest BCUT2D eigenvalue weighted by atomic mass is 10.1. The summed E-state index contributed by atoms with van der Waals surface area (Å²) >= 11 is 0. The first-order chi connectivity index (χ1) is 10.3. The van der Waals surface area contributed by atoms with E-state index in [2.05, 4.69) is 10.3 Å². The summed E-state index contributed by atoms with van der Waals surface area (Å²) in [6, 6.07) is 13.6. The van der Waals surface area contributed by atoms with Crippen LogP contribution in [0.3, 0.4) is 0 Å². The van der Waals surface area contributed by atoms with Gasteiger partial charge in [-0.25, -0.2) is 0 Å². The Balaban J connectivity index is 1.71. The van der Waals surface area contributed by atoms with Crippen LogP contribution in [-0.2, 0) is 13.5 Å². The van der Waals surface area contributed by atoms with Crippen LogP contribution in [-0.4, -0.2) is 22.0 Å². The lowest BCUT2D eigenvalue weighted by Crippen LogP contribution is -2.26. The van der Waals surface area contributed by atoms with Crippen LogP contribution in [0.25, 0.3) is 10.9 Å². The van der Waals surface area contributed by atoms with Crippen molar-refractivity contribution in [2.45, 2.75) is 6.42 Å². The Bertz CT molecular complexity index is 762. The molecule has 0 aliphatic rings. The molecule has 0 radical (unpaired) electrons. The van der Waals surface area contributed by atoms with Gasteiger partial charge in [-0.2, -0.15) is 0 Å². The standard InChI is InChI=1S/C17H17N3O/c1-20-12-9-13-5-4-7-15(16(13)20)17(21)19-11-8-14-6-2-3-10-18-14/h2-7,9-10,12H,8,11H2,1H3,(H,19,21). The fourth-order valence-electron chi connectivity index (χ4n) is 2.48. The summed E-state index contributed by atoms with van der Waals surface area (Å²) < 4.78 is 1.98. The first-order valence-corrected chi connectivity index (χ1v) is 6.98. The number of pyridine rings is 1. The molecule has 2 heterocycles.